The molecule has 4 heteroatoms. The second-order valence-electron chi connectivity index (χ2n) is 5.29. The van der Waals surface area contributed by atoms with Crippen LogP contribution in [-0.2, 0) is 9.22 Å². The molecule has 16 heavy (non-hydrogen) atoms. The predicted octanol–water partition coefficient (Wildman–Crippen LogP) is 2.74. The molecule has 1 N–H and O–H groups in total. The molecule has 0 aromatic heterocycles. The van der Waals surface area contributed by atoms with Crippen molar-refractivity contribution in [2.24, 2.45) is 0 Å². The third-order valence-corrected chi connectivity index (χ3v) is 9.52. The molecule has 0 spiro atoms. The lowest BCUT2D eigenvalue weighted by Crippen LogP contribution is -2.51. The summed E-state index contributed by atoms with van der Waals surface area (Å²) in [5.41, 5.74) is 1.30. The van der Waals surface area contributed by atoms with E-state index in [1.54, 1.807) is 0 Å². The molecule has 0 bridgehead atoms. The molecule has 0 rings (SSSR count). The van der Waals surface area contributed by atoms with Gasteiger partial charge in [-0.2, -0.15) is 0 Å². The zero-order valence-electron chi connectivity index (χ0n) is 11.4. The molecule has 0 aromatic carbocycles. The molecule has 0 aliphatic heterocycles. The number of hydrogen-bond donors (Lipinski definition) is 1. The third-order valence-electron chi connectivity index (χ3n) is 3.39. The van der Waals surface area contributed by atoms with Crippen LogP contribution in [0, 0.1) is 0 Å². The van der Waals surface area contributed by atoms with E-state index in [1.165, 1.54) is 0 Å². The van der Waals surface area contributed by atoms with Crippen LogP contribution < -0.4 is 0 Å². The maximum absolute atomic E-state index is 10.8. The molecule has 0 fully saturated rings. The SMILES string of the molecule is CC(C)[Si](O[C@H](C=O)CO)(C(C)C)C(C)C. The summed E-state index contributed by atoms with van der Waals surface area (Å²) in [5.74, 6) is 0. The van der Waals surface area contributed by atoms with Crippen LogP contribution in [0.25, 0.3) is 0 Å². The first-order chi connectivity index (χ1) is 7.32. The average molecular weight is 246 g/mol. The van der Waals surface area contributed by atoms with Gasteiger partial charge in [0.25, 0.3) is 0 Å². The lowest BCUT2D eigenvalue weighted by Gasteiger charge is -2.43. The van der Waals surface area contributed by atoms with E-state index in [0.717, 1.165) is 6.29 Å². The Bertz CT molecular complexity index is 193. The first-order valence-corrected chi connectivity index (χ1v) is 8.20. The van der Waals surface area contributed by atoms with Crippen molar-refractivity contribution in [3.05, 3.63) is 0 Å². The molecule has 0 aliphatic rings. The topological polar surface area (TPSA) is 46.5 Å². The Morgan fingerprint density at radius 2 is 1.44 bits per heavy atom. The number of carbonyl (C=O) groups is 1. The van der Waals surface area contributed by atoms with Crippen LogP contribution in [0.4, 0.5) is 0 Å². The molecule has 0 aliphatic carbocycles. The minimum atomic E-state index is -2.02. The van der Waals surface area contributed by atoms with Crippen LogP contribution in [0.5, 0.6) is 0 Å². The zero-order valence-corrected chi connectivity index (χ0v) is 12.4. The fourth-order valence-electron chi connectivity index (χ4n) is 2.78. The first-order valence-electron chi connectivity index (χ1n) is 6.06. The van der Waals surface area contributed by atoms with Gasteiger partial charge in [0, 0.05) is 0 Å². The molecule has 0 radical (unpaired) electrons. The number of aliphatic hydroxyl groups excluding tert-OH is 1. The molecule has 0 saturated heterocycles. The van der Waals surface area contributed by atoms with Gasteiger partial charge in [0.15, 0.2) is 0 Å². The van der Waals surface area contributed by atoms with Gasteiger partial charge in [0.2, 0.25) is 8.32 Å². The van der Waals surface area contributed by atoms with Crippen molar-refractivity contribution < 1.29 is 14.3 Å². The second-order valence-corrected chi connectivity index (χ2v) is 10.7. The number of carbonyl (C=O) groups excluding carboxylic acids is 1. The third kappa shape index (κ3) is 3.15. The lowest BCUT2D eigenvalue weighted by molar-refractivity contribution is -0.115. The number of rotatable bonds is 7. The monoisotopic (exact) mass is 246 g/mol. The predicted molar refractivity (Wildman–Crippen MR) is 69.1 cm³/mol. The second kappa shape index (κ2) is 6.52. The summed E-state index contributed by atoms with van der Waals surface area (Å²) in [6, 6.07) is 0. The Hall–Kier alpha value is -0.193. The van der Waals surface area contributed by atoms with Gasteiger partial charge >= 0.3 is 0 Å². The van der Waals surface area contributed by atoms with E-state index in [4.69, 9.17) is 9.53 Å². The van der Waals surface area contributed by atoms with Gasteiger partial charge in [-0.25, -0.2) is 0 Å². The first kappa shape index (κ1) is 15.8. The fourth-order valence-corrected chi connectivity index (χ4v) is 8.25. The molecule has 0 saturated carbocycles. The van der Waals surface area contributed by atoms with E-state index in [1.807, 2.05) is 0 Å². The summed E-state index contributed by atoms with van der Waals surface area (Å²) in [5, 5.41) is 9.10. The van der Waals surface area contributed by atoms with Gasteiger partial charge in [0.05, 0.1) is 6.61 Å². The highest BCUT2D eigenvalue weighted by Gasteiger charge is 2.46. The Kier molecular flexibility index (Phi) is 6.44. The highest BCUT2D eigenvalue weighted by molar-refractivity contribution is 6.77. The van der Waals surface area contributed by atoms with Crippen molar-refractivity contribution in [2.45, 2.75) is 64.3 Å². The van der Waals surface area contributed by atoms with Crippen LogP contribution in [0.3, 0.4) is 0 Å². The van der Waals surface area contributed by atoms with Crippen LogP contribution in [0.15, 0.2) is 0 Å². The Morgan fingerprint density at radius 1 is 1.06 bits per heavy atom. The van der Waals surface area contributed by atoms with E-state index >= 15 is 0 Å². The number of aliphatic hydroxyl groups is 1. The van der Waals surface area contributed by atoms with Gasteiger partial charge in [-0.1, -0.05) is 41.5 Å². The normalized spacial score (nSPS) is 14.9. The average Bonchev–Trinajstić information content (AvgIpc) is 2.18. The van der Waals surface area contributed by atoms with E-state index < -0.39 is 14.4 Å². The summed E-state index contributed by atoms with van der Waals surface area (Å²) in [6.07, 6.45) is 0.0633. The van der Waals surface area contributed by atoms with Crippen molar-refractivity contribution in [1.82, 2.24) is 0 Å². The van der Waals surface area contributed by atoms with Gasteiger partial charge in [0.1, 0.15) is 12.4 Å². The van der Waals surface area contributed by atoms with Gasteiger partial charge in [-0.15, -0.1) is 0 Å². The van der Waals surface area contributed by atoms with Crippen LogP contribution >= 0.6 is 0 Å². The van der Waals surface area contributed by atoms with E-state index in [2.05, 4.69) is 41.5 Å². The fraction of sp³-hybridized carbons (Fsp3) is 0.917. The molecule has 0 amide bonds. The zero-order chi connectivity index (χ0) is 12.9. The molecule has 3 nitrogen and oxygen atoms in total. The minimum Gasteiger partial charge on any atom is -0.404 e. The molecule has 0 heterocycles. The molecular formula is C12H26O3Si. The summed E-state index contributed by atoms with van der Waals surface area (Å²) < 4.78 is 6.04. The van der Waals surface area contributed by atoms with Crippen molar-refractivity contribution in [3.8, 4) is 0 Å². The molecule has 96 valence electrons. The van der Waals surface area contributed by atoms with Crippen LogP contribution in [-0.4, -0.2) is 32.4 Å². The summed E-state index contributed by atoms with van der Waals surface area (Å²) >= 11 is 0. The van der Waals surface area contributed by atoms with Crippen LogP contribution in [0.1, 0.15) is 41.5 Å². The van der Waals surface area contributed by atoms with Gasteiger partial charge in [-0.05, 0) is 16.6 Å². The smallest absolute Gasteiger partial charge is 0.201 e. The molecular weight excluding hydrogens is 220 g/mol. The van der Waals surface area contributed by atoms with Gasteiger partial charge < -0.3 is 14.3 Å². The summed E-state index contributed by atoms with van der Waals surface area (Å²) in [6.45, 7) is 12.7. The number of hydrogen-bond acceptors (Lipinski definition) is 3. The Labute approximate surface area is 100 Å². The lowest BCUT2D eigenvalue weighted by atomic mass is 10.4. The maximum atomic E-state index is 10.8. The highest BCUT2D eigenvalue weighted by atomic mass is 28.4. The summed E-state index contributed by atoms with van der Waals surface area (Å²) in [4.78, 5) is 10.8. The van der Waals surface area contributed by atoms with Crippen molar-refractivity contribution in [3.63, 3.8) is 0 Å². The highest BCUT2D eigenvalue weighted by Crippen LogP contribution is 2.42. The largest absolute Gasteiger partial charge is 0.404 e. The maximum Gasteiger partial charge on any atom is 0.201 e. The Balaban J connectivity index is 5.11. The van der Waals surface area contributed by atoms with E-state index in [9.17, 15) is 4.79 Å². The molecule has 0 unspecified atom stereocenters. The van der Waals surface area contributed by atoms with Crippen molar-refractivity contribution >= 4 is 14.6 Å². The summed E-state index contributed by atoms with van der Waals surface area (Å²) in [7, 11) is -2.02. The van der Waals surface area contributed by atoms with E-state index in [-0.39, 0.29) is 6.61 Å². The van der Waals surface area contributed by atoms with Crippen LogP contribution in [0.2, 0.25) is 16.6 Å². The Morgan fingerprint density at radius 3 is 1.62 bits per heavy atom. The quantitative estimate of drug-likeness (QED) is 0.555. The van der Waals surface area contributed by atoms with Gasteiger partial charge in [-0.3, -0.25) is 0 Å². The van der Waals surface area contributed by atoms with Crippen molar-refractivity contribution in [2.75, 3.05) is 6.61 Å². The minimum absolute atomic E-state index is 0.218. The van der Waals surface area contributed by atoms with Crippen molar-refractivity contribution in [1.29, 1.82) is 0 Å². The number of aldehydes is 1. The molecule has 1 atom stereocenters. The molecule has 0 aromatic rings. The standard InChI is InChI=1S/C12H26O3Si/c1-9(2)16(10(3)4,11(5)6)15-12(7-13)8-14/h7,9-12,14H,8H2,1-6H3/t12-/m1/s1. The van der Waals surface area contributed by atoms with E-state index in [0.29, 0.717) is 16.6 Å².